The van der Waals surface area contributed by atoms with Crippen LogP contribution in [0.4, 0.5) is 5.69 Å². The number of hydrogen-bond acceptors (Lipinski definition) is 1. The molecule has 2 aromatic rings. The van der Waals surface area contributed by atoms with E-state index in [1.807, 2.05) is 43.3 Å². The molecule has 2 nitrogen and oxygen atoms in total. The van der Waals surface area contributed by atoms with Gasteiger partial charge in [-0.25, -0.2) is 0 Å². The molecule has 0 aliphatic carbocycles. The fourth-order valence-corrected chi connectivity index (χ4v) is 2.29. The van der Waals surface area contributed by atoms with Crippen molar-refractivity contribution < 1.29 is 4.79 Å². The number of aryl methyl sites for hydroxylation is 1. The second-order valence-corrected chi connectivity index (χ2v) is 5.27. The van der Waals surface area contributed by atoms with Crippen LogP contribution in [0.5, 0.6) is 0 Å². The third kappa shape index (κ3) is 3.24. The van der Waals surface area contributed by atoms with E-state index in [9.17, 15) is 4.79 Å². The lowest BCUT2D eigenvalue weighted by Gasteiger charge is -2.09. The number of carbonyl (C=O) groups is 1. The summed E-state index contributed by atoms with van der Waals surface area (Å²) >= 11 is 3.44. The van der Waals surface area contributed by atoms with Crippen LogP contribution in [0.1, 0.15) is 28.4 Å². The lowest BCUT2D eigenvalue weighted by atomic mass is 10.1. The predicted octanol–water partition coefficient (Wildman–Crippen LogP) is 4.57. The van der Waals surface area contributed by atoms with E-state index < -0.39 is 0 Å². The fraction of sp³-hybridized carbons (Fsp3) is 0.188. The lowest BCUT2D eigenvalue weighted by molar-refractivity contribution is 0.102. The van der Waals surface area contributed by atoms with Gasteiger partial charge in [0.05, 0.1) is 0 Å². The smallest absolute Gasteiger partial charge is 0.255 e. The predicted molar refractivity (Wildman–Crippen MR) is 82.7 cm³/mol. The largest absolute Gasteiger partial charge is 0.322 e. The van der Waals surface area contributed by atoms with E-state index in [2.05, 4.69) is 34.2 Å². The number of anilines is 1. The maximum Gasteiger partial charge on any atom is 0.255 e. The first-order chi connectivity index (χ1) is 9.11. The van der Waals surface area contributed by atoms with Crippen molar-refractivity contribution in [2.75, 3.05) is 5.32 Å². The number of rotatable bonds is 3. The van der Waals surface area contributed by atoms with E-state index in [4.69, 9.17) is 0 Å². The van der Waals surface area contributed by atoms with E-state index in [-0.39, 0.29) is 5.91 Å². The number of carbonyl (C=O) groups excluding carboxylic acids is 1. The van der Waals surface area contributed by atoms with Gasteiger partial charge in [0.1, 0.15) is 0 Å². The van der Waals surface area contributed by atoms with Crippen molar-refractivity contribution >= 4 is 27.5 Å². The average Bonchev–Trinajstić information content (AvgIpc) is 2.42. The van der Waals surface area contributed by atoms with Gasteiger partial charge in [-0.3, -0.25) is 4.79 Å². The monoisotopic (exact) mass is 317 g/mol. The first kappa shape index (κ1) is 13.8. The quantitative estimate of drug-likeness (QED) is 0.882. The Morgan fingerprint density at radius 2 is 1.95 bits per heavy atom. The van der Waals surface area contributed by atoms with Crippen molar-refractivity contribution in [1.29, 1.82) is 0 Å². The van der Waals surface area contributed by atoms with Gasteiger partial charge in [0.2, 0.25) is 0 Å². The first-order valence-electron chi connectivity index (χ1n) is 6.27. The lowest BCUT2D eigenvalue weighted by Crippen LogP contribution is -2.13. The summed E-state index contributed by atoms with van der Waals surface area (Å²) in [7, 11) is 0. The molecule has 0 aromatic heterocycles. The summed E-state index contributed by atoms with van der Waals surface area (Å²) in [4.78, 5) is 12.3. The molecule has 0 atom stereocenters. The van der Waals surface area contributed by atoms with E-state index >= 15 is 0 Å². The molecular weight excluding hydrogens is 302 g/mol. The maximum atomic E-state index is 12.3. The van der Waals surface area contributed by atoms with Gasteiger partial charge in [-0.05, 0) is 48.7 Å². The molecule has 3 heteroatoms. The number of nitrogens with one attached hydrogen (secondary N) is 1. The summed E-state index contributed by atoms with van der Waals surface area (Å²) in [6, 6.07) is 13.6. The van der Waals surface area contributed by atoms with Gasteiger partial charge in [0, 0.05) is 15.7 Å². The summed E-state index contributed by atoms with van der Waals surface area (Å²) in [6.45, 7) is 4.03. The van der Waals surface area contributed by atoms with Gasteiger partial charge < -0.3 is 5.32 Å². The van der Waals surface area contributed by atoms with E-state index in [1.165, 1.54) is 5.56 Å². The molecule has 0 bridgehead atoms. The standard InChI is InChI=1S/C16H16BrNO/c1-3-12-6-4-7-13(10-12)18-16(19)14-8-5-9-15(17)11(14)2/h4-10H,3H2,1-2H3,(H,18,19). The van der Waals surface area contributed by atoms with Crippen LogP contribution in [0.2, 0.25) is 0 Å². The van der Waals surface area contributed by atoms with Crippen LogP contribution in [-0.4, -0.2) is 5.91 Å². The molecule has 2 rings (SSSR count). The molecule has 1 N–H and O–H groups in total. The Bertz CT molecular complexity index is 607. The number of amides is 1. The molecule has 0 saturated carbocycles. The SMILES string of the molecule is CCc1cccc(NC(=O)c2cccc(Br)c2C)c1. The third-order valence-electron chi connectivity index (χ3n) is 3.11. The van der Waals surface area contributed by atoms with E-state index in [0.717, 1.165) is 22.1 Å². The van der Waals surface area contributed by atoms with E-state index in [1.54, 1.807) is 0 Å². The van der Waals surface area contributed by atoms with Crippen LogP contribution >= 0.6 is 15.9 Å². The molecule has 2 aromatic carbocycles. The van der Waals surface area contributed by atoms with Gasteiger partial charge >= 0.3 is 0 Å². The highest BCUT2D eigenvalue weighted by atomic mass is 79.9. The Morgan fingerprint density at radius 3 is 2.68 bits per heavy atom. The van der Waals surface area contributed by atoms with Crippen LogP contribution in [0, 0.1) is 6.92 Å². The molecule has 19 heavy (non-hydrogen) atoms. The summed E-state index contributed by atoms with van der Waals surface area (Å²) in [5.74, 6) is -0.0768. The summed E-state index contributed by atoms with van der Waals surface area (Å²) < 4.78 is 0.947. The van der Waals surface area contributed by atoms with Gasteiger partial charge in [-0.2, -0.15) is 0 Å². The summed E-state index contributed by atoms with van der Waals surface area (Å²) in [5, 5.41) is 2.94. The molecule has 0 heterocycles. The molecule has 98 valence electrons. The van der Waals surface area contributed by atoms with Gasteiger partial charge in [-0.15, -0.1) is 0 Å². The van der Waals surface area contributed by atoms with Gasteiger partial charge in [0.25, 0.3) is 5.91 Å². The Hall–Kier alpha value is -1.61. The Morgan fingerprint density at radius 1 is 1.21 bits per heavy atom. The van der Waals surface area contributed by atoms with Crippen molar-refractivity contribution in [2.24, 2.45) is 0 Å². The van der Waals surface area contributed by atoms with Crippen LogP contribution in [0.25, 0.3) is 0 Å². The van der Waals surface area contributed by atoms with Gasteiger partial charge in [0.15, 0.2) is 0 Å². The van der Waals surface area contributed by atoms with Crippen molar-refractivity contribution in [2.45, 2.75) is 20.3 Å². The van der Waals surface area contributed by atoms with Crippen LogP contribution in [-0.2, 0) is 6.42 Å². The van der Waals surface area contributed by atoms with Crippen LogP contribution < -0.4 is 5.32 Å². The molecule has 0 fully saturated rings. The van der Waals surface area contributed by atoms with Crippen molar-refractivity contribution in [3.63, 3.8) is 0 Å². The molecule has 0 saturated heterocycles. The molecule has 0 radical (unpaired) electrons. The number of halogens is 1. The topological polar surface area (TPSA) is 29.1 Å². The van der Waals surface area contributed by atoms with Crippen LogP contribution in [0.3, 0.4) is 0 Å². The zero-order chi connectivity index (χ0) is 13.8. The zero-order valence-corrected chi connectivity index (χ0v) is 12.6. The zero-order valence-electron chi connectivity index (χ0n) is 11.0. The number of hydrogen-bond donors (Lipinski definition) is 1. The highest BCUT2D eigenvalue weighted by Gasteiger charge is 2.10. The average molecular weight is 318 g/mol. The summed E-state index contributed by atoms with van der Waals surface area (Å²) in [5.41, 5.74) is 3.69. The second-order valence-electron chi connectivity index (χ2n) is 4.42. The Labute approximate surface area is 122 Å². The molecule has 0 aliphatic rings. The molecule has 0 unspecified atom stereocenters. The highest BCUT2D eigenvalue weighted by molar-refractivity contribution is 9.10. The minimum Gasteiger partial charge on any atom is -0.322 e. The fourth-order valence-electron chi connectivity index (χ4n) is 1.92. The van der Waals surface area contributed by atoms with E-state index in [0.29, 0.717) is 5.56 Å². The molecular formula is C16H16BrNO. The Kier molecular flexibility index (Phi) is 4.38. The van der Waals surface area contributed by atoms with Crippen LogP contribution in [0.15, 0.2) is 46.9 Å². The van der Waals surface area contributed by atoms with Crippen molar-refractivity contribution in [3.05, 3.63) is 63.6 Å². The normalized spacial score (nSPS) is 10.3. The minimum atomic E-state index is -0.0768. The summed E-state index contributed by atoms with van der Waals surface area (Å²) in [6.07, 6.45) is 0.958. The number of benzene rings is 2. The maximum absolute atomic E-state index is 12.3. The minimum absolute atomic E-state index is 0.0768. The first-order valence-corrected chi connectivity index (χ1v) is 7.06. The Balaban J connectivity index is 2.23. The molecule has 0 aliphatic heterocycles. The third-order valence-corrected chi connectivity index (χ3v) is 3.96. The van der Waals surface area contributed by atoms with Crippen molar-refractivity contribution in [3.8, 4) is 0 Å². The molecule has 0 spiro atoms. The molecule has 1 amide bonds. The van der Waals surface area contributed by atoms with Gasteiger partial charge in [-0.1, -0.05) is 41.1 Å². The second kappa shape index (κ2) is 6.02. The van der Waals surface area contributed by atoms with Crippen molar-refractivity contribution in [1.82, 2.24) is 0 Å². The highest BCUT2D eigenvalue weighted by Crippen LogP contribution is 2.21.